The highest BCUT2D eigenvalue weighted by Gasteiger charge is 2.29. The highest BCUT2D eigenvalue weighted by molar-refractivity contribution is 8.00. The van der Waals surface area contributed by atoms with E-state index in [2.05, 4.69) is 49.8 Å². The monoisotopic (exact) mass is 309 g/mol. The summed E-state index contributed by atoms with van der Waals surface area (Å²) in [4.78, 5) is 9.30. The predicted molar refractivity (Wildman–Crippen MR) is 90.0 cm³/mol. The zero-order chi connectivity index (χ0) is 15.5. The van der Waals surface area contributed by atoms with Gasteiger partial charge in [0.05, 0.1) is 12.3 Å². The van der Waals surface area contributed by atoms with Crippen molar-refractivity contribution in [2.75, 3.05) is 24.7 Å². The van der Waals surface area contributed by atoms with Gasteiger partial charge in [-0.1, -0.05) is 20.8 Å². The van der Waals surface area contributed by atoms with Crippen LogP contribution in [0.4, 0.5) is 5.82 Å². The molecule has 1 aliphatic heterocycles. The molecule has 1 atom stereocenters. The van der Waals surface area contributed by atoms with Crippen molar-refractivity contribution in [3.8, 4) is 0 Å². The second-order valence-corrected chi connectivity index (χ2v) is 8.69. The number of rotatable bonds is 5. The molecule has 1 saturated heterocycles. The summed E-state index contributed by atoms with van der Waals surface area (Å²) >= 11 is 2.06. The van der Waals surface area contributed by atoms with E-state index in [0.29, 0.717) is 11.4 Å². The van der Waals surface area contributed by atoms with Crippen LogP contribution in [0.1, 0.15) is 52.1 Å². The van der Waals surface area contributed by atoms with Gasteiger partial charge in [-0.15, -0.1) is 0 Å². The van der Waals surface area contributed by atoms with Crippen molar-refractivity contribution in [1.29, 1.82) is 0 Å². The van der Waals surface area contributed by atoms with Crippen molar-refractivity contribution < 1.29 is 4.74 Å². The Morgan fingerprint density at radius 2 is 2.14 bits per heavy atom. The van der Waals surface area contributed by atoms with Crippen LogP contribution < -0.4 is 5.32 Å². The number of aromatic nitrogens is 2. The number of methoxy groups -OCH3 is 1. The molecule has 0 aromatic carbocycles. The Labute approximate surface area is 132 Å². The van der Waals surface area contributed by atoms with Crippen molar-refractivity contribution in [2.24, 2.45) is 0 Å². The molecule has 2 heterocycles. The fraction of sp³-hybridized carbons (Fsp3) is 0.750. The average molecular weight is 309 g/mol. The molecule has 1 aromatic heterocycles. The molecule has 5 heteroatoms. The zero-order valence-electron chi connectivity index (χ0n) is 13.8. The summed E-state index contributed by atoms with van der Waals surface area (Å²) in [5, 5.41) is 3.51. The molecule has 1 fully saturated rings. The summed E-state index contributed by atoms with van der Waals surface area (Å²) < 4.78 is 5.55. The van der Waals surface area contributed by atoms with E-state index in [4.69, 9.17) is 9.72 Å². The molecule has 1 aliphatic rings. The standard InChI is InChI=1S/C16H27N3OS/c1-15(2,3)14-18-12(10-20-5)9-13(19-14)17-11-16(4)7-6-8-21-16/h9H,6-8,10-11H2,1-5H3,(H,17,18,19). The van der Waals surface area contributed by atoms with Crippen LogP contribution in [-0.4, -0.2) is 34.1 Å². The maximum atomic E-state index is 5.23. The fourth-order valence-electron chi connectivity index (χ4n) is 2.40. The normalized spacial score (nSPS) is 22.5. The first-order valence-corrected chi connectivity index (χ1v) is 8.56. The summed E-state index contributed by atoms with van der Waals surface area (Å²) in [6, 6.07) is 2.00. The Bertz CT molecular complexity index is 479. The van der Waals surface area contributed by atoms with Gasteiger partial charge in [-0.3, -0.25) is 0 Å². The summed E-state index contributed by atoms with van der Waals surface area (Å²) in [5.74, 6) is 3.05. The summed E-state index contributed by atoms with van der Waals surface area (Å²) in [5.41, 5.74) is 0.871. The number of hydrogen-bond donors (Lipinski definition) is 1. The van der Waals surface area contributed by atoms with Crippen molar-refractivity contribution in [3.63, 3.8) is 0 Å². The van der Waals surface area contributed by atoms with Crippen LogP contribution in [0, 0.1) is 0 Å². The topological polar surface area (TPSA) is 47.0 Å². The lowest BCUT2D eigenvalue weighted by molar-refractivity contribution is 0.181. The average Bonchev–Trinajstić information content (AvgIpc) is 2.83. The van der Waals surface area contributed by atoms with Gasteiger partial charge in [0.25, 0.3) is 0 Å². The largest absolute Gasteiger partial charge is 0.378 e. The SMILES string of the molecule is COCc1cc(NCC2(C)CCCS2)nc(C(C)(C)C)n1. The third-order valence-corrected chi connectivity index (χ3v) is 5.22. The minimum atomic E-state index is -0.0633. The van der Waals surface area contributed by atoms with E-state index >= 15 is 0 Å². The van der Waals surface area contributed by atoms with Crippen LogP contribution in [-0.2, 0) is 16.8 Å². The second-order valence-electron chi connectivity index (χ2n) is 7.01. The third kappa shape index (κ3) is 4.58. The smallest absolute Gasteiger partial charge is 0.136 e. The van der Waals surface area contributed by atoms with Crippen molar-refractivity contribution in [1.82, 2.24) is 9.97 Å². The van der Waals surface area contributed by atoms with Crippen molar-refractivity contribution in [2.45, 2.75) is 57.3 Å². The maximum Gasteiger partial charge on any atom is 0.136 e. The van der Waals surface area contributed by atoms with Gasteiger partial charge in [0.15, 0.2) is 0 Å². The minimum absolute atomic E-state index is 0.0633. The molecular formula is C16H27N3OS. The quantitative estimate of drug-likeness (QED) is 0.900. The Morgan fingerprint density at radius 3 is 2.71 bits per heavy atom. The third-order valence-electron chi connectivity index (χ3n) is 3.69. The van der Waals surface area contributed by atoms with E-state index in [0.717, 1.165) is 23.9 Å². The molecule has 0 bridgehead atoms. The Balaban J connectivity index is 2.15. The van der Waals surface area contributed by atoms with E-state index in [1.165, 1.54) is 18.6 Å². The molecule has 1 aromatic rings. The summed E-state index contributed by atoms with van der Waals surface area (Å²) in [7, 11) is 1.70. The van der Waals surface area contributed by atoms with E-state index in [1.807, 2.05) is 6.07 Å². The van der Waals surface area contributed by atoms with Crippen LogP contribution in [0.15, 0.2) is 6.07 Å². The van der Waals surface area contributed by atoms with Crippen LogP contribution >= 0.6 is 11.8 Å². The van der Waals surface area contributed by atoms with Crippen LogP contribution in [0.5, 0.6) is 0 Å². The molecule has 0 spiro atoms. The van der Waals surface area contributed by atoms with E-state index in [9.17, 15) is 0 Å². The Morgan fingerprint density at radius 1 is 1.38 bits per heavy atom. The van der Waals surface area contributed by atoms with Gasteiger partial charge in [-0.2, -0.15) is 11.8 Å². The van der Waals surface area contributed by atoms with E-state index in [-0.39, 0.29) is 5.41 Å². The van der Waals surface area contributed by atoms with Gasteiger partial charge in [0.1, 0.15) is 11.6 Å². The second kappa shape index (κ2) is 6.53. The van der Waals surface area contributed by atoms with E-state index in [1.54, 1.807) is 7.11 Å². The van der Waals surface area contributed by atoms with Crippen LogP contribution in [0.2, 0.25) is 0 Å². The van der Waals surface area contributed by atoms with Crippen molar-refractivity contribution in [3.05, 3.63) is 17.6 Å². The minimum Gasteiger partial charge on any atom is -0.378 e. The van der Waals surface area contributed by atoms with E-state index < -0.39 is 0 Å². The van der Waals surface area contributed by atoms with Gasteiger partial charge in [-0.25, -0.2) is 9.97 Å². The summed E-state index contributed by atoms with van der Waals surface area (Å²) in [6.07, 6.45) is 2.58. The van der Waals surface area contributed by atoms with Crippen LogP contribution in [0.3, 0.4) is 0 Å². The number of thioether (sulfide) groups is 1. The molecule has 4 nitrogen and oxygen atoms in total. The molecule has 0 saturated carbocycles. The molecule has 0 amide bonds. The lowest BCUT2D eigenvalue weighted by atomic mass is 9.95. The zero-order valence-corrected chi connectivity index (χ0v) is 14.6. The number of nitrogens with one attached hydrogen (secondary N) is 1. The fourth-order valence-corrected chi connectivity index (χ4v) is 3.64. The molecular weight excluding hydrogens is 282 g/mol. The van der Waals surface area contributed by atoms with Gasteiger partial charge in [-0.05, 0) is 25.5 Å². The molecule has 118 valence electrons. The molecule has 0 aliphatic carbocycles. The maximum absolute atomic E-state index is 5.23. The number of nitrogens with zero attached hydrogens (tertiary/aromatic N) is 2. The molecule has 1 N–H and O–H groups in total. The number of ether oxygens (including phenoxy) is 1. The van der Waals surface area contributed by atoms with Crippen molar-refractivity contribution >= 4 is 17.6 Å². The highest BCUT2D eigenvalue weighted by Crippen LogP contribution is 2.37. The Kier molecular flexibility index (Phi) is 5.15. The lowest BCUT2D eigenvalue weighted by Crippen LogP contribution is -2.28. The lowest BCUT2D eigenvalue weighted by Gasteiger charge is -2.24. The molecule has 1 unspecified atom stereocenters. The van der Waals surface area contributed by atoms with Gasteiger partial charge >= 0.3 is 0 Å². The first-order chi connectivity index (χ1) is 9.82. The molecule has 2 rings (SSSR count). The first-order valence-electron chi connectivity index (χ1n) is 7.58. The van der Waals surface area contributed by atoms with Gasteiger partial charge in [0, 0.05) is 29.9 Å². The highest BCUT2D eigenvalue weighted by atomic mass is 32.2. The summed E-state index contributed by atoms with van der Waals surface area (Å²) in [6.45, 7) is 10.2. The molecule has 21 heavy (non-hydrogen) atoms. The molecule has 0 radical (unpaired) electrons. The van der Waals surface area contributed by atoms with Gasteiger partial charge in [0.2, 0.25) is 0 Å². The van der Waals surface area contributed by atoms with Gasteiger partial charge < -0.3 is 10.1 Å². The van der Waals surface area contributed by atoms with Crippen LogP contribution in [0.25, 0.3) is 0 Å². The number of hydrogen-bond acceptors (Lipinski definition) is 5. The predicted octanol–water partition coefficient (Wildman–Crippen LogP) is 3.62. The Hall–Kier alpha value is -0.810. The number of anilines is 1. The first kappa shape index (κ1) is 16.6.